The van der Waals surface area contributed by atoms with Crippen molar-refractivity contribution >= 4 is 22.5 Å². The van der Waals surface area contributed by atoms with Crippen LogP contribution in [0.4, 0.5) is 10.5 Å². The SMILES string of the molecule is CC1CC(NCCN(C)C)NC(NC(=O)Nc2ccc3cnccc3c2)N1. The molecule has 1 saturated heterocycles. The molecule has 1 aromatic heterocycles. The number of benzene rings is 1. The van der Waals surface area contributed by atoms with Gasteiger partial charge < -0.3 is 20.9 Å². The predicted octanol–water partition coefficient (Wildman–Crippen LogP) is 1.09. The summed E-state index contributed by atoms with van der Waals surface area (Å²) < 4.78 is 0. The molecule has 2 aromatic rings. The highest BCUT2D eigenvalue weighted by atomic mass is 16.2. The molecular weight excluding hydrogens is 342 g/mol. The van der Waals surface area contributed by atoms with Gasteiger partial charge in [0.1, 0.15) is 6.29 Å². The molecule has 0 spiro atoms. The lowest BCUT2D eigenvalue weighted by Gasteiger charge is -2.37. The number of likely N-dealkylation sites (N-methyl/N-ethyl adjacent to an activating group) is 1. The highest BCUT2D eigenvalue weighted by Crippen LogP contribution is 2.17. The van der Waals surface area contributed by atoms with Crippen molar-refractivity contribution in [2.75, 3.05) is 32.5 Å². The number of hydrogen-bond donors (Lipinski definition) is 5. The minimum atomic E-state index is -0.296. The van der Waals surface area contributed by atoms with Crippen molar-refractivity contribution < 1.29 is 4.79 Å². The first-order valence-electron chi connectivity index (χ1n) is 9.31. The fourth-order valence-electron chi connectivity index (χ4n) is 3.17. The molecular formula is C19H29N7O. The molecule has 3 unspecified atom stereocenters. The molecule has 0 radical (unpaired) electrons. The van der Waals surface area contributed by atoms with Crippen LogP contribution in [-0.4, -0.2) is 61.6 Å². The number of urea groups is 1. The van der Waals surface area contributed by atoms with Crippen LogP contribution in [0.2, 0.25) is 0 Å². The zero-order chi connectivity index (χ0) is 19.2. The summed E-state index contributed by atoms with van der Waals surface area (Å²) in [7, 11) is 4.11. The van der Waals surface area contributed by atoms with Gasteiger partial charge >= 0.3 is 6.03 Å². The normalized spacial score (nSPS) is 22.7. The number of carbonyl (C=O) groups is 1. The summed E-state index contributed by atoms with van der Waals surface area (Å²) >= 11 is 0. The minimum absolute atomic E-state index is 0.152. The van der Waals surface area contributed by atoms with Crippen LogP contribution in [0, 0.1) is 0 Å². The molecule has 8 nitrogen and oxygen atoms in total. The molecule has 0 bridgehead atoms. The molecule has 2 heterocycles. The topological polar surface area (TPSA) is 93.3 Å². The second kappa shape index (κ2) is 9.09. The average molecular weight is 371 g/mol. The Bertz CT molecular complexity index is 767. The number of nitrogens with zero attached hydrogens (tertiary/aromatic N) is 2. The maximum atomic E-state index is 12.4. The number of aromatic nitrogens is 1. The van der Waals surface area contributed by atoms with Gasteiger partial charge in [0.15, 0.2) is 0 Å². The van der Waals surface area contributed by atoms with E-state index in [9.17, 15) is 4.79 Å². The van der Waals surface area contributed by atoms with Gasteiger partial charge in [-0.05, 0) is 51.0 Å². The van der Waals surface area contributed by atoms with Crippen molar-refractivity contribution in [3.8, 4) is 0 Å². The van der Waals surface area contributed by atoms with Crippen molar-refractivity contribution in [1.82, 2.24) is 31.2 Å². The molecule has 2 amide bonds. The molecule has 5 N–H and O–H groups in total. The van der Waals surface area contributed by atoms with E-state index in [0.29, 0.717) is 6.04 Å². The third-order valence-corrected chi connectivity index (χ3v) is 4.53. The molecule has 1 fully saturated rings. The van der Waals surface area contributed by atoms with Crippen LogP contribution >= 0.6 is 0 Å². The largest absolute Gasteiger partial charge is 0.321 e. The molecule has 3 rings (SSSR count). The maximum absolute atomic E-state index is 12.4. The number of rotatable bonds is 6. The van der Waals surface area contributed by atoms with Crippen molar-refractivity contribution in [3.05, 3.63) is 36.7 Å². The molecule has 27 heavy (non-hydrogen) atoms. The average Bonchev–Trinajstić information content (AvgIpc) is 2.60. The first kappa shape index (κ1) is 19.5. The van der Waals surface area contributed by atoms with Crippen molar-refractivity contribution in [2.24, 2.45) is 0 Å². The lowest BCUT2D eigenvalue weighted by Crippen LogP contribution is -2.68. The van der Waals surface area contributed by atoms with Gasteiger partial charge in [0.25, 0.3) is 0 Å². The second-order valence-corrected chi connectivity index (χ2v) is 7.25. The summed E-state index contributed by atoms with van der Waals surface area (Å²) in [6.45, 7) is 3.98. The van der Waals surface area contributed by atoms with Crippen molar-refractivity contribution in [1.29, 1.82) is 0 Å². The third kappa shape index (κ3) is 5.86. The quantitative estimate of drug-likeness (QED) is 0.522. The Morgan fingerprint density at radius 2 is 2.11 bits per heavy atom. The van der Waals surface area contributed by atoms with Gasteiger partial charge in [-0.1, -0.05) is 6.07 Å². The molecule has 0 aliphatic carbocycles. The van der Waals surface area contributed by atoms with Crippen molar-refractivity contribution in [3.63, 3.8) is 0 Å². The Morgan fingerprint density at radius 1 is 1.26 bits per heavy atom. The van der Waals surface area contributed by atoms with Crippen LogP contribution in [0.1, 0.15) is 13.3 Å². The first-order chi connectivity index (χ1) is 13.0. The fourth-order valence-corrected chi connectivity index (χ4v) is 3.17. The lowest BCUT2D eigenvalue weighted by atomic mass is 10.1. The van der Waals surface area contributed by atoms with Gasteiger partial charge in [0.05, 0.1) is 6.17 Å². The summed E-state index contributed by atoms with van der Waals surface area (Å²) in [5.74, 6) is 0. The Labute approximate surface area is 160 Å². The molecule has 0 saturated carbocycles. The molecule has 1 aliphatic rings. The molecule has 1 aromatic carbocycles. The van der Waals surface area contributed by atoms with Crippen LogP contribution in [-0.2, 0) is 0 Å². The van der Waals surface area contributed by atoms with Crippen LogP contribution in [0.15, 0.2) is 36.7 Å². The summed E-state index contributed by atoms with van der Waals surface area (Å²) in [6, 6.07) is 7.72. The number of fused-ring (bicyclic) bond motifs is 1. The van der Waals surface area contributed by atoms with Gasteiger partial charge in [-0.15, -0.1) is 0 Å². The number of amides is 2. The minimum Gasteiger partial charge on any atom is -0.310 e. The summed E-state index contributed by atoms with van der Waals surface area (Å²) in [6.07, 6.45) is 4.36. The molecule has 1 aliphatic heterocycles. The van der Waals surface area contributed by atoms with Crippen molar-refractivity contribution in [2.45, 2.75) is 31.8 Å². The maximum Gasteiger partial charge on any atom is 0.321 e. The monoisotopic (exact) mass is 371 g/mol. The first-order valence-corrected chi connectivity index (χ1v) is 9.31. The fraction of sp³-hybridized carbons (Fsp3) is 0.474. The zero-order valence-corrected chi connectivity index (χ0v) is 16.1. The Balaban J connectivity index is 1.52. The Morgan fingerprint density at radius 3 is 2.93 bits per heavy atom. The van der Waals surface area contributed by atoms with Gasteiger partial charge in [-0.25, -0.2) is 4.79 Å². The highest BCUT2D eigenvalue weighted by Gasteiger charge is 2.25. The third-order valence-electron chi connectivity index (χ3n) is 4.53. The van der Waals surface area contributed by atoms with Gasteiger partial charge in [-0.2, -0.15) is 0 Å². The van der Waals surface area contributed by atoms with E-state index in [1.165, 1.54) is 0 Å². The summed E-state index contributed by atoms with van der Waals surface area (Å²) in [5.41, 5.74) is 0.746. The standard InChI is InChI=1S/C19H29N7O/c1-13-10-17(21-8-9-26(2)3)24-18(22-13)25-19(27)23-16-5-4-15-12-20-7-6-14(15)11-16/h4-7,11-13,17-18,21-22,24H,8-10H2,1-3H3,(H2,23,25,27). The van der Waals surface area contributed by atoms with Gasteiger partial charge in [0.2, 0.25) is 0 Å². The van der Waals surface area contributed by atoms with Gasteiger partial charge in [-0.3, -0.25) is 15.6 Å². The summed E-state index contributed by atoms with van der Waals surface area (Å²) in [4.78, 5) is 18.6. The number of nitrogens with one attached hydrogen (secondary N) is 5. The predicted molar refractivity (Wildman–Crippen MR) is 108 cm³/mol. The molecule has 3 atom stereocenters. The van der Waals surface area contributed by atoms with Crippen LogP contribution in [0.5, 0.6) is 0 Å². The van der Waals surface area contributed by atoms with E-state index in [4.69, 9.17) is 0 Å². The van der Waals surface area contributed by atoms with E-state index in [-0.39, 0.29) is 18.5 Å². The van der Waals surface area contributed by atoms with E-state index in [1.54, 1.807) is 12.4 Å². The summed E-state index contributed by atoms with van der Waals surface area (Å²) in [5, 5.41) is 18.1. The number of carbonyl (C=O) groups excluding carboxylic acids is 1. The molecule has 8 heteroatoms. The molecule has 146 valence electrons. The number of hydrogen-bond acceptors (Lipinski definition) is 6. The highest BCUT2D eigenvalue weighted by molar-refractivity contribution is 5.93. The lowest BCUT2D eigenvalue weighted by molar-refractivity contribution is 0.191. The van der Waals surface area contributed by atoms with Crippen LogP contribution < -0.4 is 26.6 Å². The van der Waals surface area contributed by atoms with Gasteiger partial charge in [0, 0.05) is 42.6 Å². The number of pyridine rings is 1. The van der Waals surface area contributed by atoms with E-state index in [0.717, 1.165) is 36.0 Å². The van der Waals surface area contributed by atoms with E-state index < -0.39 is 0 Å². The second-order valence-electron chi connectivity index (χ2n) is 7.25. The Kier molecular flexibility index (Phi) is 6.57. The van der Waals surface area contributed by atoms with E-state index in [2.05, 4.69) is 57.5 Å². The zero-order valence-electron chi connectivity index (χ0n) is 16.1. The Hall–Kier alpha value is -2.26. The smallest absolute Gasteiger partial charge is 0.310 e. The van der Waals surface area contributed by atoms with E-state index >= 15 is 0 Å². The van der Waals surface area contributed by atoms with E-state index in [1.807, 2.05) is 24.3 Å². The van der Waals surface area contributed by atoms with Crippen LogP contribution in [0.3, 0.4) is 0 Å². The van der Waals surface area contributed by atoms with Crippen LogP contribution in [0.25, 0.3) is 10.8 Å². The number of anilines is 1.